The van der Waals surface area contributed by atoms with Gasteiger partial charge >= 0.3 is 0 Å². The molecule has 0 aliphatic heterocycles. The van der Waals surface area contributed by atoms with E-state index in [1.165, 1.54) is 38.1 Å². The number of benzene rings is 1. The Morgan fingerprint density at radius 3 is 2.48 bits per heavy atom. The fourth-order valence-electron chi connectivity index (χ4n) is 1.87. The Morgan fingerprint density at radius 2 is 1.96 bits per heavy atom. The maximum Gasteiger partial charge on any atom is 0.269 e. The van der Waals surface area contributed by atoms with Crippen molar-refractivity contribution in [3.8, 4) is 6.07 Å². The molecular weight excluding hydrogens is 318 g/mol. The van der Waals surface area contributed by atoms with E-state index in [0.717, 1.165) is 4.90 Å². The summed E-state index contributed by atoms with van der Waals surface area (Å²) in [7, 11) is 3.00. The zero-order valence-electron chi connectivity index (χ0n) is 12.4. The van der Waals surface area contributed by atoms with Gasteiger partial charge in [0.15, 0.2) is 6.29 Å². The molecule has 1 aromatic heterocycles. The van der Waals surface area contributed by atoms with Crippen molar-refractivity contribution in [1.82, 2.24) is 4.98 Å². The van der Waals surface area contributed by atoms with Crippen LogP contribution in [0.4, 0.5) is 5.69 Å². The number of hydrogen-bond acceptors (Lipinski definition) is 7. The molecule has 7 nitrogen and oxygen atoms in total. The van der Waals surface area contributed by atoms with Crippen molar-refractivity contribution in [2.75, 3.05) is 14.2 Å². The van der Waals surface area contributed by atoms with Crippen LogP contribution >= 0.6 is 11.8 Å². The average Bonchev–Trinajstić information content (AvgIpc) is 2.57. The predicted molar refractivity (Wildman–Crippen MR) is 82.9 cm³/mol. The number of non-ortho nitro benzene ring substituents is 1. The minimum absolute atomic E-state index is 0.0150. The van der Waals surface area contributed by atoms with Crippen molar-refractivity contribution in [2.24, 2.45) is 0 Å². The smallest absolute Gasteiger partial charge is 0.269 e. The van der Waals surface area contributed by atoms with Gasteiger partial charge in [0.25, 0.3) is 5.69 Å². The van der Waals surface area contributed by atoms with Crippen molar-refractivity contribution >= 4 is 17.4 Å². The van der Waals surface area contributed by atoms with Crippen LogP contribution in [-0.2, 0) is 9.47 Å². The van der Waals surface area contributed by atoms with E-state index in [-0.39, 0.29) is 5.69 Å². The molecule has 23 heavy (non-hydrogen) atoms. The molecule has 0 saturated heterocycles. The normalized spacial score (nSPS) is 10.5. The van der Waals surface area contributed by atoms with Crippen LogP contribution in [0.1, 0.15) is 17.4 Å². The number of aromatic nitrogens is 1. The molecule has 0 atom stereocenters. The second-order valence-electron chi connectivity index (χ2n) is 4.39. The first-order valence-corrected chi connectivity index (χ1v) is 7.28. The number of ether oxygens (including phenoxy) is 2. The van der Waals surface area contributed by atoms with Crippen LogP contribution in [-0.4, -0.2) is 24.1 Å². The van der Waals surface area contributed by atoms with Crippen LogP contribution in [0.15, 0.2) is 46.5 Å². The molecule has 0 amide bonds. The van der Waals surface area contributed by atoms with Gasteiger partial charge in [0.2, 0.25) is 0 Å². The third kappa shape index (κ3) is 4.04. The molecule has 0 radical (unpaired) electrons. The van der Waals surface area contributed by atoms with Gasteiger partial charge in [-0.3, -0.25) is 10.1 Å². The Kier molecular flexibility index (Phi) is 5.65. The third-order valence-electron chi connectivity index (χ3n) is 2.96. The van der Waals surface area contributed by atoms with Crippen LogP contribution in [0.2, 0.25) is 0 Å². The molecule has 0 aliphatic rings. The lowest BCUT2D eigenvalue weighted by atomic mass is 10.2. The molecule has 0 fully saturated rings. The fourth-order valence-corrected chi connectivity index (χ4v) is 2.69. The summed E-state index contributed by atoms with van der Waals surface area (Å²) in [6.45, 7) is 0. The van der Waals surface area contributed by atoms with Gasteiger partial charge in [0, 0.05) is 43.0 Å². The molecule has 0 bridgehead atoms. The molecular formula is C15H13N3O4S. The number of nitrogens with zero attached hydrogens (tertiary/aromatic N) is 3. The largest absolute Gasteiger partial charge is 0.352 e. The van der Waals surface area contributed by atoms with E-state index in [1.54, 1.807) is 24.4 Å². The third-order valence-corrected chi connectivity index (χ3v) is 3.98. The molecule has 1 heterocycles. The minimum atomic E-state index is -0.590. The summed E-state index contributed by atoms with van der Waals surface area (Å²) in [5, 5.41) is 20.4. The van der Waals surface area contributed by atoms with E-state index in [9.17, 15) is 15.4 Å². The monoisotopic (exact) mass is 331 g/mol. The van der Waals surface area contributed by atoms with Crippen LogP contribution < -0.4 is 0 Å². The fraction of sp³-hybridized carbons (Fsp3) is 0.200. The molecule has 0 spiro atoms. The van der Waals surface area contributed by atoms with Gasteiger partial charge < -0.3 is 9.47 Å². The van der Waals surface area contributed by atoms with Crippen molar-refractivity contribution in [2.45, 2.75) is 16.2 Å². The van der Waals surface area contributed by atoms with Gasteiger partial charge in [-0.15, -0.1) is 0 Å². The van der Waals surface area contributed by atoms with Gasteiger partial charge in [-0.05, 0) is 18.2 Å². The van der Waals surface area contributed by atoms with Crippen LogP contribution in [0.3, 0.4) is 0 Å². The highest BCUT2D eigenvalue weighted by Crippen LogP contribution is 2.31. The first-order chi connectivity index (χ1) is 11.1. The number of pyridine rings is 1. The van der Waals surface area contributed by atoms with Crippen molar-refractivity contribution in [1.29, 1.82) is 5.26 Å². The van der Waals surface area contributed by atoms with Crippen molar-refractivity contribution < 1.29 is 14.4 Å². The Labute approximate surface area is 137 Å². The minimum Gasteiger partial charge on any atom is -0.352 e. The SMILES string of the molecule is COC(OC)c1cnc(Sc2ccc([N+](=O)[O-])cc2)c(C#N)c1. The molecule has 118 valence electrons. The maximum absolute atomic E-state index is 10.6. The van der Waals surface area contributed by atoms with Crippen LogP contribution in [0.25, 0.3) is 0 Å². The molecule has 8 heteroatoms. The predicted octanol–water partition coefficient (Wildman–Crippen LogP) is 3.30. The second kappa shape index (κ2) is 7.69. The van der Waals surface area contributed by atoms with Crippen LogP contribution in [0.5, 0.6) is 0 Å². The Bertz CT molecular complexity index is 739. The van der Waals surface area contributed by atoms with Gasteiger partial charge in [-0.2, -0.15) is 5.26 Å². The van der Waals surface area contributed by atoms with E-state index < -0.39 is 11.2 Å². The Hall–Kier alpha value is -2.47. The van der Waals surface area contributed by atoms with Gasteiger partial charge in [-0.25, -0.2) is 4.98 Å². The highest BCUT2D eigenvalue weighted by atomic mass is 32.2. The lowest BCUT2D eigenvalue weighted by Crippen LogP contribution is -2.05. The van der Waals surface area contributed by atoms with Crippen LogP contribution in [0, 0.1) is 21.4 Å². The second-order valence-corrected chi connectivity index (χ2v) is 5.45. The quantitative estimate of drug-likeness (QED) is 0.455. The summed E-state index contributed by atoms with van der Waals surface area (Å²) in [6, 6.07) is 9.80. The number of nitro benzene ring substituents is 1. The molecule has 0 N–H and O–H groups in total. The molecule has 2 aromatic rings. The van der Waals surface area contributed by atoms with Crippen molar-refractivity contribution in [3.05, 3.63) is 57.8 Å². The van der Waals surface area contributed by atoms with E-state index >= 15 is 0 Å². The highest BCUT2D eigenvalue weighted by molar-refractivity contribution is 7.99. The Balaban J connectivity index is 2.26. The zero-order valence-corrected chi connectivity index (χ0v) is 13.2. The summed E-state index contributed by atoms with van der Waals surface area (Å²) in [5.74, 6) is 0. The average molecular weight is 331 g/mol. The number of rotatable bonds is 6. The number of nitro groups is 1. The lowest BCUT2D eigenvalue weighted by molar-refractivity contribution is -0.384. The number of nitriles is 1. The van der Waals surface area contributed by atoms with E-state index in [0.29, 0.717) is 16.2 Å². The van der Waals surface area contributed by atoms with Gasteiger partial charge in [0.05, 0.1) is 10.5 Å². The number of methoxy groups -OCH3 is 2. The topological polar surface area (TPSA) is 98.3 Å². The molecule has 1 aromatic carbocycles. The first kappa shape index (κ1) is 16.9. The van der Waals surface area contributed by atoms with Crippen molar-refractivity contribution in [3.63, 3.8) is 0 Å². The van der Waals surface area contributed by atoms with Gasteiger partial charge in [-0.1, -0.05) is 11.8 Å². The highest BCUT2D eigenvalue weighted by Gasteiger charge is 2.14. The van der Waals surface area contributed by atoms with E-state index in [2.05, 4.69) is 11.1 Å². The first-order valence-electron chi connectivity index (χ1n) is 6.47. The van der Waals surface area contributed by atoms with E-state index in [4.69, 9.17) is 9.47 Å². The summed E-state index contributed by atoms with van der Waals surface area (Å²) in [6.07, 6.45) is 0.986. The zero-order chi connectivity index (χ0) is 16.8. The number of hydrogen-bond donors (Lipinski definition) is 0. The molecule has 0 aliphatic carbocycles. The maximum atomic E-state index is 10.6. The van der Waals surface area contributed by atoms with Gasteiger partial charge in [0.1, 0.15) is 11.1 Å². The standard InChI is InChI=1S/C15H13N3O4S/c1-21-15(22-2)11-7-10(8-16)14(17-9-11)23-13-5-3-12(4-6-13)18(19)20/h3-7,9,15H,1-2H3. The summed E-state index contributed by atoms with van der Waals surface area (Å²) < 4.78 is 10.3. The molecule has 0 unspecified atom stereocenters. The lowest BCUT2D eigenvalue weighted by Gasteiger charge is -2.14. The Morgan fingerprint density at radius 1 is 1.30 bits per heavy atom. The summed E-state index contributed by atoms with van der Waals surface area (Å²) >= 11 is 1.26. The van der Waals surface area contributed by atoms with E-state index in [1.807, 2.05) is 0 Å². The summed E-state index contributed by atoms with van der Waals surface area (Å²) in [4.78, 5) is 15.2. The molecule has 0 saturated carbocycles. The summed E-state index contributed by atoms with van der Waals surface area (Å²) in [5.41, 5.74) is 1.03. The molecule has 2 rings (SSSR count).